The van der Waals surface area contributed by atoms with Crippen molar-refractivity contribution in [2.24, 2.45) is 0 Å². The lowest BCUT2D eigenvalue weighted by molar-refractivity contribution is -0.118. The molecule has 1 aromatic heterocycles. The topological polar surface area (TPSA) is 60.3 Å². The van der Waals surface area contributed by atoms with Gasteiger partial charge < -0.3 is 14.6 Å². The smallest absolute Gasteiger partial charge is 0.262 e. The van der Waals surface area contributed by atoms with E-state index < -0.39 is 0 Å². The predicted molar refractivity (Wildman–Crippen MR) is 99.1 cm³/mol. The molecule has 0 saturated heterocycles. The van der Waals surface area contributed by atoms with E-state index >= 15 is 0 Å². The number of anilines is 1. The van der Waals surface area contributed by atoms with Gasteiger partial charge in [-0.1, -0.05) is 31.2 Å². The van der Waals surface area contributed by atoms with Crippen molar-refractivity contribution in [3.63, 3.8) is 0 Å². The lowest BCUT2D eigenvalue weighted by atomic mass is 10.1. The summed E-state index contributed by atoms with van der Waals surface area (Å²) < 4.78 is 7.34. The highest BCUT2D eigenvalue weighted by Crippen LogP contribution is 2.23. The van der Waals surface area contributed by atoms with Crippen LogP contribution in [0.4, 0.5) is 5.69 Å². The maximum absolute atomic E-state index is 12.5. The van der Waals surface area contributed by atoms with Gasteiger partial charge in [0.2, 0.25) is 0 Å². The van der Waals surface area contributed by atoms with Gasteiger partial charge >= 0.3 is 0 Å². The summed E-state index contributed by atoms with van der Waals surface area (Å²) in [5, 5.41) is 4.08. The molecule has 1 heterocycles. The number of aryl methyl sites for hydroxylation is 1. The van der Waals surface area contributed by atoms with E-state index in [0.29, 0.717) is 23.1 Å². The third kappa shape index (κ3) is 3.88. The maximum atomic E-state index is 12.5. The number of nitrogens with zero attached hydrogens (tertiary/aromatic N) is 1. The molecule has 0 saturated carbocycles. The lowest BCUT2D eigenvalue weighted by Crippen LogP contribution is -2.21. The number of rotatable bonds is 6. The van der Waals surface area contributed by atoms with Gasteiger partial charge in [0, 0.05) is 23.8 Å². The first-order chi connectivity index (χ1) is 12.2. The zero-order valence-corrected chi connectivity index (χ0v) is 14.1. The largest absolute Gasteiger partial charge is 0.483 e. The third-order valence-corrected chi connectivity index (χ3v) is 3.86. The van der Waals surface area contributed by atoms with Crippen LogP contribution in [-0.4, -0.2) is 17.1 Å². The highest BCUT2D eigenvalue weighted by Gasteiger charge is 2.09. The molecule has 0 fully saturated rings. The van der Waals surface area contributed by atoms with Crippen LogP contribution in [0.3, 0.4) is 0 Å². The zero-order valence-electron chi connectivity index (χ0n) is 14.1. The molecule has 0 aliphatic carbocycles. The van der Waals surface area contributed by atoms with Gasteiger partial charge in [-0.15, -0.1) is 0 Å². The lowest BCUT2D eigenvalue weighted by Gasteiger charge is -2.11. The van der Waals surface area contributed by atoms with Crippen LogP contribution >= 0.6 is 0 Å². The highest BCUT2D eigenvalue weighted by atomic mass is 16.5. The Balaban J connectivity index is 1.76. The minimum absolute atomic E-state index is 0.0430. The van der Waals surface area contributed by atoms with E-state index in [-0.39, 0.29) is 18.1 Å². The van der Waals surface area contributed by atoms with Crippen LogP contribution in [-0.2, 0) is 11.3 Å². The van der Waals surface area contributed by atoms with Crippen LogP contribution in [0.5, 0.6) is 5.75 Å². The Kier molecular flexibility index (Phi) is 5.14. The van der Waals surface area contributed by atoms with Crippen molar-refractivity contribution >= 4 is 22.4 Å². The van der Waals surface area contributed by atoms with E-state index in [9.17, 15) is 9.59 Å². The van der Waals surface area contributed by atoms with Gasteiger partial charge in [-0.3, -0.25) is 9.59 Å². The Morgan fingerprint density at radius 2 is 1.84 bits per heavy atom. The van der Waals surface area contributed by atoms with Gasteiger partial charge in [-0.2, -0.15) is 0 Å². The van der Waals surface area contributed by atoms with Crippen molar-refractivity contribution in [1.29, 1.82) is 0 Å². The number of para-hydroxylation sites is 1. The van der Waals surface area contributed by atoms with Crippen molar-refractivity contribution in [3.8, 4) is 5.75 Å². The quantitative estimate of drug-likeness (QED) is 0.750. The number of carbonyl (C=O) groups is 1. The van der Waals surface area contributed by atoms with E-state index in [1.54, 1.807) is 29.0 Å². The number of nitrogens with one attached hydrogen (secondary N) is 1. The molecule has 0 unspecified atom stereocenters. The molecule has 0 spiro atoms. The van der Waals surface area contributed by atoms with E-state index in [2.05, 4.69) is 5.32 Å². The molecule has 3 aromatic rings. The first kappa shape index (κ1) is 16.8. The Hall–Kier alpha value is -3.08. The number of carbonyl (C=O) groups excluding carboxylic acids is 1. The SMILES string of the molecule is CCCn1ccc2c(OCC(=O)Nc3ccccc3)cccc2c1=O. The van der Waals surface area contributed by atoms with Gasteiger partial charge in [0.25, 0.3) is 11.5 Å². The summed E-state index contributed by atoms with van der Waals surface area (Å²) in [6.45, 7) is 2.59. The fourth-order valence-electron chi connectivity index (χ4n) is 2.69. The standard InChI is InChI=1S/C20H20N2O3/c1-2-12-22-13-11-16-17(20(22)24)9-6-10-18(16)25-14-19(23)21-15-7-4-3-5-8-15/h3-11,13H,2,12,14H2,1H3,(H,21,23). The number of ether oxygens (including phenoxy) is 1. The molecule has 5 nitrogen and oxygen atoms in total. The average Bonchev–Trinajstić information content (AvgIpc) is 2.63. The van der Waals surface area contributed by atoms with Crippen molar-refractivity contribution < 1.29 is 9.53 Å². The summed E-state index contributed by atoms with van der Waals surface area (Å²) in [7, 11) is 0. The summed E-state index contributed by atoms with van der Waals surface area (Å²) in [5.41, 5.74) is 0.676. The molecule has 25 heavy (non-hydrogen) atoms. The number of benzene rings is 2. The predicted octanol–water partition coefficient (Wildman–Crippen LogP) is 3.43. The van der Waals surface area contributed by atoms with E-state index in [0.717, 1.165) is 12.1 Å². The van der Waals surface area contributed by atoms with Crippen molar-refractivity contribution in [1.82, 2.24) is 4.57 Å². The maximum Gasteiger partial charge on any atom is 0.262 e. The zero-order chi connectivity index (χ0) is 17.6. The van der Waals surface area contributed by atoms with Crippen LogP contribution < -0.4 is 15.6 Å². The summed E-state index contributed by atoms with van der Waals surface area (Å²) in [4.78, 5) is 24.5. The summed E-state index contributed by atoms with van der Waals surface area (Å²) in [6, 6.07) is 16.4. The molecular weight excluding hydrogens is 316 g/mol. The number of hydrogen-bond acceptors (Lipinski definition) is 3. The van der Waals surface area contributed by atoms with Crippen LogP contribution in [0.1, 0.15) is 13.3 Å². The first-order valence-electron chi connectivity index (χ1n) is 8.29. The highest BCUT2D eigenvalue weighted by molar-refractivity contribution is 5.92. The Bertz CT molecular complexity index is 933. The van der Waals surface area contributed by atoms with Crippen LogP contribution in [0, 0.1) is 0 Å². The van der Waals surface area contributed by atoms with Crippen LogP contribution in [0.2, 0.25) is 0 Å². The third-order valence-electron chi connectivity index (χ3n) is 3.86. The molecule has 1 amide bonds. The molecule has 0 radical (unpaired) electrons. The molecule has 128 valence electrons. The summed E-state index contributed by atoms with van der Waals surface area (Å²) in [6.07, 6.45) is 2.66. The van der Waals surface area contributed by atoms with Crippen molar-refractivity contribution in [3.05, 3.63) is 71.1 Å². The van der Waals surface area contributed by atoms with Crippen LogP contribution in [0.25, 0.3) is 10.8 Å². The van der Waals surface area contributed by atoms with Gasteiger partial charge in [0.05, 0.1) is 5.39 Å². The number of fused-ring (bicyclic) bond motifs is 1. The fraction of sp³-hybridized carbons (Fsp3) is 0.200. The van der Waals surface area contributed by atoms with Crippen LogP contribution in [0.15, 0.2) is 65.6 Å². The minimum Gasteiger partial charge on any atom is -0.483 e. The second-order valence-corrected chi connectivity index (χ2v) is 5.73. The Labute approximate surface area is 145 Å². The number of amides is 1. The number of pyridine rings is 1. The van der Waals surface area contributed by atoms with Crippen molar-refractivity contribution in [2.75, 3.05) is 11.9 Å². The molecular formula is C20H20N2O3. The van der Waals surface area contributed by atoms with Gasteiger partial charge in [0.1, 0.15) is 5.75 Å². The molecule has 5 heteroatoms. The fourth-order valence-corrected chi connectivity index (χ4v) is 2.69. The molecule has 0 bridgehead atoms. The van der Waals surface area contributed by atoms with E-state index in [1.165, 1.54) is 0 Å². The van der Waals surface area contributed by atoms with Crippen molar-refractivity contribution in [2.45, 2.75) is 19.9 Å². The van der Waals surface area contributed by atoms with Gasteiger partial charge in [-0.05, 0) is 36.8 Å². The monoisotopic (exact) mass is 336 g/mol. The normalized spacial score (nSPS) is 10.6. The van der Waals surface area contributed by atoms with E-state index in [1.807, 2.05) is 43.3 Å². The molecule has 2 aromatic carbocycles. The Morgan fingerprint density at radius 1 is 1.04 bits per heavy atom. The number of aromatic nitrogens is 1. The molecule has 1 N–H and O–H groups in total. The second kappa shape index (κ2) is 7.66. The summed E-state index contributed by atoms with van der Waals surface area (Å²) in [5.74, 6) is 0.281. The minimum atomic E-state index is -0.248. The van der Waals surface area contributed by atoms with E-state index in [4.69, 9.17) is 4.74 Å². The first-order valence-corrected chi connectivity index (χ1v) is 8.29. The number of hydrogen-bond donors (Lipinski definition) is 1. The average molecular weight is 336 g/mol. The van der Waals surface area contributed by atoms with Gasteiger partial charge in [0.15, 0.2) is 6.61 Å². The summed E-state index contributed by atoms with van der Waals surface area (Å²) >= 11 is 0. The Morgan fingerprint density at radius 3 is 2.60 bits per heavy atom. The molecule has 0 aliphatic rings. The second-order valence-electron chi connectivity index (χ2n) is 5.73. The molecule has 0 aliphatic heterocycles. The molecule has 3 rings (SSSR count). The molecule has 0 atom stereocenters. The van der Waals surface area contributed by atoms with Gasteiger partial charge in [-0.25, -0.2) is 0 Å².